The molecule has 2 bridgehead atoms. The molecule has 4 fully saturated rings. The van der Waals surface area contributed by atoms with E-state index >= 15 is 0 Å². The van der Waals surface area contributed by atoms with Crippen LogP contribution in [-0.4, -0.2) is 60.1 Å². The van der Waals surface area contributed by atoms with E-state index in [1.54, 1.807) is 0 Å². The molecule has 29 heavy (non-hydrogen) atoms. The number of rotatable bonds is 2. The zero-order valence-corrected chi connectivity index (χ0v) is 17.4. The topological polar surface area (TPSA) is 61.9 Å². The van der Waals surface area contributed by atoms with Gasteiger partial charge in [0.25, 0.3) is 5.91 Å². The molecule has 2 aliphatic heterocycles. The van der Waals surface area contributed by atoms with Crippen molar-refractivity contribution in [1.82, 2.24) is 15.1 Å². The molecule has 6 heteroatoms. The quantitative estimate of drug-likeness (QED) is 0.833. The van der Waals surface area contributed by atoms with Gasteiger partial charge in [-0.15, -0.1) is 0 Å². The molecule has 3 aliphatic carbocycles. The Hall–Kier alpha value is -2.08. The zero-order valence-electron chi connectivity index (χ0n) is 17.4. The molecule has 6 rings (SSSR count). The number of para-hydroxylation sites is 1. The number of nitrogens with one attached hydrogen (secondary N) is 1. The maximum atomic E-state index is 13.5. The zero-order chi connectivity index (χ0) is 20.2. The summed E-state index contributed by atoms with van der Waals surface area (Å²) in [5.41, 5.74) is -0.213. The smallest absolute Gasteiger partial charge is 0.258 e. The normalized spacial score (nSPS) is 36.5. The van der Waals surface area contributed by atoms with Crippen molar-refractivity contribution in [2.24, 2.45) is 17.3 Å². The number of nitrogens with zero attached hydrogens (tertiary/aromatic N) is 2. The van der Waals surface area contributed by atoms with E-state index in [-0.39, 0.29) is 23.2 Å². The van der Waals surface area contributed by atoms with Crippen molar-refractivity contribution in [3.8, 4) is 5.75 Å². The minimum Gasteiger partial charge on any atom is -0.467 e. The van der Waals surface area contributed by atoms with Gasteiger partial charge in [-0.05, 0) is 43.4 Å². The van der Waals surface area contributed by atoms with E-state index in [1.807, 2.05) is 24.3 Å². The highest BCUT2D eigenvalue weighted by Gasteiger charge is 2.62. The number of fused-ring (bicyclic) bond motifs is 3. The van der Waals surface area contributed by atoms with Gasteiger partial charge < -0.3 is 19.9 Å². The first-order valence-electron chi connectivity index (χ1n) is 11.1. The third-order valence-corrected chi connectivity index (χ3v) is 7.93. The molecule has 1 aromatic rings. The Bertz CT molecular complexity index is 834. The molecule has 1 aromatic carbocycles. The van der Waals surface area contributed by atoms with Crippen LogP contribution in [-0.2, 0) is 4.79 Å². The van der Waals surface area contributed by atoms with Gasteiger partial charge >= 0.3 is 0 Å². The maximum absolute atomic E-state index is 13.5. The predicted octanol–water partition coefficient (Wildman–Crippen LogP) is 2.50. The largest absolute Gasteiger partial charge is 0.467 e. The summed E-state index contributed by atoms with van der Waals surface area (Å²) in [7, 11) is 0. The van der Waals surface area contributed by atoms with Crippen LogP contribution < -0.4 is 10.1 Å². The van der Waals surface area contributed by atoms with E-state index in [2.05, 4.69) is 29.0 Å². The monoisotopic (exact) mass is 397 g/mol. The molecule has 6 nitrogen and oxygen atoms in total. The van der Waals surface area contributed by atoms with Crippen LogP contribution in [0.4, 0.5) is 0 Å². The fraction of sp³-hybridized carbons (Fsp3) is 0.652. The molecule has 1 saturated heterocycles. The summed E-state index contributed by atoms with van der Waals surface area (Å²) in [5, 5.41) is 3.20. The van der Waals surface area contributed by atoms with Crippen molar-refractivity contribution in [2.75, 3.05) is 32.7 Å². The number of ether oxygens (including phenoxy) is 1. The van der Waals surface area contributed by atoms with Gasteiger partial charge in [-0.1, -0.05) is 26.0 Å². The van der Waals surface area contributed by atoms with Crippen LogP contribution in [0.25, 0.3) is 0 Å². The second kappa shape index (κ2) is 6.73. The Labute approximate surface area is 172 Å². The number of hydrogen-bond acceptors (Lipinski definition) is 4. The predicted molar refractivity (Wildman–Crippen MR) is 110 cm³/mol. The number of benzene rings is 1. The Balaban J connectivity index is 1.37. The highest BCUT2D eigenvalue weighted by atomic mass is 16.5. The summed E-state index contributed by atoms with van der Waals surface area (Å²) >= 11 is 0. The minimum atomic E-state index is -0.671. The van der Waals surface area contributed by atoms with Gasteiger partial charge in [0.2, 0.25) is 5.91 Å². The minimum absolute atomic E-state index is 0.0257. The molecular weight excluding hydrogens is 366 g/mol. The van der Waals surface area contributed by atoms with Crippen molar-refractivity contribution in [3.63, 3.8) is 0 Å². The lowest BCUT2D eigenvalue weighted by Crippen LogP contribution is -2.69. The van der Waals surface area contributed by atoms with Crippen LogP contribution in [0.3, 0.4) is 0 Å². The lowest BCUT2D eigenvalue weighted by Gasteiger charge is -2.60. The lowest BCUT2D eigenvalue weighted by molar-refractivity contribution is -0.175. The number of carbonyl (C=O) groups is 2. The first-order chi connectivity index (χ1) is 13.9. The molecule has 1 N–H and O–H groups in total. The van der Waals surface area contributed by atoms with Gasteiger partial charge in [0.05, 0.1) is 5.56 Å². The Kier molecular flexibility index (Phi) is 4.39. The molecule has 3 saturated carbocycles. The molecule has 2 heterocycles. The molecule has 156 valence electrons. The van der Waals surface area contributed by atoms with Crippen LogP contribution in [0.5, 0.6) is 5.75 Å². The van der Waals surface area contributed by atoms with Crippen LogP contribution in [0.15, 0.2) is 24.3 Å². The first kappa shape index (κ1) is 18.9. The fourth-order valence-electron chi connectivity index (χ4n) is 6.14. The van der Waals surface area contributed by atoms with Gasteiger partial charge in [-0.25, -0.2) is 0 Å². The fourth-order valence-corrected chi connectivity index (χ4v) is 6.14. The SMILES string of the molecule is CCN1CCN(C(=O)C2CC3CCC2(C)CC32NC(=O)c3ccccc3O2)CC1. The summed E-state index contributed by atoms with van der Waals surface area (Å²) in [5.74, 6) is 1.13. The van der Waals surface area contributed by atoms with Crippen molar-refractivity contribution >= 4 is 11.8 Å². The number of amides is 2. The molecule has 0 aromatic heterocycles. The summed E-state index contributed by atoms with van der Waals surface area (Å²) < 4.78 is 6.47. The van der Waals surface area contributed by atoms with E-state index in [4.69, 9.17) is 4.74 Å². The van der Waals surface area contributed by atoms with Crippen LogP contribution in [0, 0.1) is 17.3 Å². The molecule has 4 unspecified atom stereocenters. The third kappa shape index (κ3) is 2.95. The summed E-state index contributed by atoms with van der Waals surface area (Å²) in [6.45, 7) is 9.04. The van der Waals surface area contributed by atoms with E-state index in [0.717, 1.165) is 52.0 Å². The van der Waals surface area contributed by atoms with Gasteiger partial charge in [0.15, 0.2) is 5.72 Å². The van der Waals surface area contributed by atoms with Crippen LogP contribution >= 0.6 is 0 Å². The van der Waals surface area contributed by atoms with Gasteiger partial charge in [0.1, 0.15) is 5.75 Å². The van der Waals surface area contributed by atoms with Crippen LogP contribution in [0.1, 0.15) is 49.9 Å². The van der Waals surface area contributed by atoms with Gasteiger partial charge in [-0.2, -0.15) is 0 Å². The lowest BCUT2D eigenvalue weighted by atomic mass is 9.52. The summed E-state index contributed by atoms with van der Waals surface area (Å²) in [6, 6.07) is 7.47. The molecule has 1 spiro atoms. The molecule has 5 aliphatic rings. The number of likely N-dealkylation sites (N-methyl/N-ethyl adjacent to an activating group) is 1. The summed E-state index contributed by atoms with van der Waals surface area (Å²) in [6.07, 6.45) is 3.51. The van der Waals surface area contributed by atoms with Crippen molar-refractivity contribution < 1.29 is 14.3 Å². The van der Waals surface area contributed by atoms with E-state index < -0.39 is 5.72 Å². The average Bonchev–Trinajstić information content (AvgIpc) is 2.73. The Morgan fingerprint density at radius 3 is 2.72 bits per heavy atom. The van der Waals surface area contributed by atoms with Gasteiger partial charge in [0, 0.05) is 44.4 Å². The van der Waals surface area contributed by atoms with E-state index in [1.165, 1.54) is 0 Å². The highest BCUT2D eigenvalue weighted by Crippen LogP contribution is 2.59. The molecule has 4 atom stereocenters. The van der Waals surface area contributed by atoms with Crippen LogP contribution in [0.2, 0.25) is 0 Å². The Morgan fingerprint density at radius 1 is 1.24 bits per heavy atom. The molecule has 2 amide bonds. The number of piperazine rings is 1. The third-order valence-electron chi connectivity index (χ3n) is 7.93. The van der Waals surface area contributed by atoms with E-state index in [9.17, 15) is 9.59 Å². The number of hydrogen-bond donors (Lipinski definition) is 1. The van der Waals surface area contributed by atoms with Crippen molar-refractivity contribution in [1.29, 1.82) is 0 Å². The second-order valence-electron chi connectivity index (χ2n) is 9.56. The standard InChI is InChI=1S/C23H31N3O3/c1-3-25-10-12-26(13-11-25)21(28)18-14-16-8-9-22(18,2)15-23(16)24-20(27)17-6-4-5-7-19(17)29-23/h4-7,16,18H,3,8-15H2,1-2H3,(H,24,27). The molecular formula is C23H31N3O3. The second-order valence-corrected chi connectivity index (χ2v) is 9.56. The molecule has 0 radical (unpaired) electrons. The average molecular weight is 398 g/mol. The first-order valence-corrected chi connectivity index (χ1v) is 11.1. The Morgan fingerprint density at radius 2 is 2.00 bits per heavy atom. The van der Waals surface area contributed by atoms with E-state index in [0.29, 0.717) is 23.6 Å². The van der Waals surface area contributed by atoms with Crippen molar-refractivity contribution in [2.45, 2.75) is 45.3 Å². The maximum Gasteiger partial charge on any atom is 0.258 e. The highest BCUT2D eigenvalue weighted by molar-refractivity contribution is 5.98. The summed E-state index contributed by atoms with van der Waals surface area (Å²) in [4.78, 5) is 30.7. The van der Waals surface area contributed by atoms with Gasteiger partial charge in [-0.3, -0.25) is 9.59 Å². The number of carbonyl (C=O) groups excluding carboxylic acids is 2. The van der Waals surface area contributed by atoms with Crippen molar-refractivity contribution in [3.05, 3.63) is 29.8 Å².